The number of hydrogen-bond acceptors (Lipinski definition) is 1. The molecule has 0 aliphatic rings. The Kier molecular flexibility index (Phi) is 4.61. The quantitative estimate of drug-likeness (QED) is 0.580. The van der Waals surface area contributed by atoms with Crippen LogP contribution in [0.2, 0.25) is 0 Å². The third-order valence-corrected chi connectivity index (χ3v) is 2.26. The molecule has 0 aliphatic carbocycles. The van der Waals surface area contributed by atoms with Crippen molar-refractivity contribution >= 4 is 11.5 Å². The highest BCUT2D eigenvalue weighted by Gasteiger charge is 2.06. The van der Waals surface area contributed by atoms with E-state index in [1.165, 1.54) is 0 Å². The van der Waals surface area contributed by atoms with Gasteiger partial charge in [0.2, 0.25) is 5.91 Å². The number of nitrogens with two attached hydrogens (primary N) is 1. The highest BCUT2D eigenvalue weighted by atomic mass is 16.1. The molecule has 2 heteroatoms. The van der Waals surface area contributed by atoms with E-state index >= 15 is 0 Å². The molecule has 0 saturated heterocycles. The minimum atomic E-state index is -0.350. The molecule has 80 valence electrons. The van der Waals surface area contributed by atoms with E-state index in [2.05, 4.69) is 6.92 Å². The van der Waals surface area contributed by atoms with Crippen molar-refractivity contribution in [3.05, 3.63) is 42.0 Å². The van der Waals surface area contributed by atoms with Gasteiger partial charge in [-0.3, -0.25) is 4.79 Å². The fraction of sp³-hybridized carbons (Fsp3) is 0.308. The lowest BCUT2D eigenvalue weighted by Crippen LogP contribution is -2.12. The lowest BCUT2D eigenvalue weighted by Gasteiger charge is -2.03. The van der Waals surface area contributed by atoms with Crippen LogP contribution in [0.4, 0.5) is 0 Å². The molecule has 0 heterocycles. The molecule has 2 N–H and O–H groups in total. The standard InChI is InChI=1S/C13H17NO/c1-2-3-5-10-12(13(14)15)11-8-6-4-7-9-11/h4,6-10H,2-3,5H2,1H3,(H2,14,15). The molecule has 0 atom stereocenters. The Morgan fingerprint density at radius 1 is 1.33 bits per heavy atom. The van der Waals surface area contributed by atoms with Gasteiger partial charge in [-0.15, -0.1) is 0 Å². The molecule has 1 amide bonds. The molecule has 0 unspecified atom stereocenters. The van der Waals surface area contributed by atoms with E-state index in [1.807, 2.05) is 36.4 Å². The average molecular weight is 203 g/mol. The summed E-state index contributed by atoms with van der Waals surface area (Å²) in [5.74, 6) is -0.350. The first kappa shape index (κ1) is 11.5. The first-order valence-electron chi connectivity index (χ1n) is 5.31. The summed E-state index contributed by atoms with van der Waals surface area (Å²) in [6, 6.07) is 9.55. The first-order valence-corrected chi connectivity index (χ1v) is 5.31. The van der Waals surface area contributed by atoms with Crippen molar-refractivity contribution < 1.29 is 4.79 Å². The van der Waals surface area contributed by atoms with Crippen molar-refractivity contribution in [3.8, 4) is 0 Å². The summed E-state index contributed by atoms with van der Waals surface area (Å²) in [7, 11) is 0. The number of primary amides is 1. The molecule has 2 nitrogen and oxygen atoms in total. The van der Waals surface area contributed by atoms with Crippen LogP contribution in [0.1, 0.15) is 31.7 Å². The molecule has 0 spiro atoms. The van der Waals surface area contributed by atoms with Gasteiger partial charge in [0, 0.05) is 5.57 Å². The number of carbonyl (C=O) groups is 1. The van der Waals surface area contributed by atoms with Gasteiger partial charge in [-0.2, -0.15) is 0 Å². The molecule has 0 aromatic heterocycles. The normalized spacial score (nSPS) is 11.4. The number of hydrogen-bond donors (Lipinski definition) is 1. The van der Waals surface area contributed by atoms with Crippen LogP contribution in [0.5, 0.6) is 0 Å². The second-order valence-corrected chi connectivity index (χ2v) is 3.49. The van der Waals surface area contributed by atoms with E-state index in [9.17, 15) is 4.79 Å². The number of unbranched alkanes of at least 4 members (excludes halogenated alkanes) is 2. The summed E-state index contributed by atoms with van der Waals surface area (Å²) in [4.78, 5) is 11.2. The topological polar surface area (TPSA) is 43.1 Å². The van der Waals surface area contributed by atoms with E-state index < -0.39 is 0 Å². The number of amides is 1. The molecule has 1 rings (SSSR count). The molecule has 0 bridgehead atoms. The Balaban J connectivity index is 2.84. The fourth-order valence-electron chi connectivity index (χ4n) is 1.43. The zero-order valence-electron chi connectivity index (χ0n) is 9.07. The lowest BCUT2D eigenvalue weighted by molar-refractivity contribution is -0.112. The van der Waals surface area contributed by atoms with Crippen LogP contribution in [0.15, 0.2) is 36.4 Å². The van der Waals surface area contributed by atoms with Gasteiger partial charge in [-0.25, -0.2) is 0 Å². The Morgan fingerprint density at radius 3 is 2.53 bits per heavy atom. The molecule has 15 heavy (non-hydrogen) atoms. The molecule has 0 radical (unpaired) electrons. The van der Waals surface area contributed by atoms with Crippen LogP contribution < -0.4 is 5.73 Å². The monoisotopic (exact) mass is 203 g/mol. The number of rotatable bonds is 5. The average Bonchev–Trinajstić information content (AvgIpc) is 2.25. The molecule has 0 saturated carbocycles. The van der Waals surface area contributed by atoms with E-state index in [0.717, 1.165) is 24.8 Å². The Hall–Kier alpha value is -1.57. The van der Waals surface area contributed by atoms with Gasteiger partial charge in [0.05, 0.1) is 0 Å². The molecule has 0 aliphatic heterocycles. The zero-order chi connectivity index (χ0) is 11.1. The zero-order valence-corrected chi connectivity index (χ0v) is 9.07. The van der Waals surface area contributed by atoms with Gasteiger partial charge >= 0.3 is 0 Å². The summed E-state index contributed by atoms with van der Waals surface area (Å²) >= 11 is 0. The Labute approximate surface area is 90.8 Å². The van der Waals surface area contributed by atoms with Gasteiger partial charge < -0.3 is 5.73 Å². The minimum absolute atomic E-state index is 0.350. The van der Waals surface area contributed by atoms with Gasteiger partial charge in [0.1, 0.15) is 0 Å². The maximum absolute atomic E-state index is 11.2. The minimum Gasteiger partial charge on any atom is -0.366 e. The van der Waals surface area contributed by atoms with Crippen LogP contribution in [0.25, 0.3) is 5.57 Å². The van der Waals surface area contributed by atoms with Crippen LogP contribution in [0.3, 0.4) is 0 Å². The molecule has 1 aromatic carbocycles. The second-order valence-electron chi connectivity index (χ2n) is 3.49. The summed E-state index contributed by atoms with van der Waals surface area (Å²) in [5.41, 5.74) is 6.88. The van der Waals surface area contributed by atoms with Gasteiger partial charge in [0.15, 0.2) is 0 Å². The van der Waals surface area contributed by atoms with E-state index in [4.69, 9.17) is 5.73 Å². The molecule has 1 aromatic rings. The second kappa shape index (κ2) is 6.02. The largest absolute Gasteiger partial charge is 0.366 e. The van der Waals surface area contributed by atoms with E-state index in [-0.39, 0.29) is 5.91 Å². The number of benzene rings is 1. The maximum Gasteiger partial charge on any atom is 0.248 e. The van der Waals surface area contributed by atoms with Crippen molar-refractivity contribution in [3.63, 3.8) is 0 Å². The molecular formula is C13H17NO. The number of allylic oxidation sites excluding steroid dienone is 1. The lowest BCUT2D eigenvalue weighted by atomic mass is 10.0. The predicted octanol–water partition coefficient (Wildman–Crippen LogP) is 2.75. The maximum atomic E-state index is 11.2. The predicted molar refractivity (Wildman–Crippen MR) is 63.1 cm³/mol. The van der Waals surface area contributed by atoms with Crippen LogP contribution in [-0.2, 0) is 4.79 Å². The van der Waals surface area contributed by atoms with Crippen molar-refractivity contribution in [1.29, 1.82) is 0 Å². The van der Waals surface area contributed by atoms with Crippen LogP contribution >= 0.6 is 0 Å². The molecular weight excluding hydrogens is 186 g/mol. The third kappa shape index (κ3) is 3.58. The van der Waals surface area contributed by atoms with Crippen LogP contribution in [-0.4, -0.2) is 5.91 Å². The van der Waals surface area contributed by atoms with Crippen molar-refractivity contribution in [2.45, 2.75) is 26.2 Å². The number of carbonyl (C=O) groups excluding carboxylic acids is 1. The van der Waals surface area contributed by atoms with E-state index in [1.54, 1.807) is 0 Å². The highest BCUT2D eigenvalue weighted by Crippen LogP contribution is 2.15. The summed E-state index contributed by atoms with van der Waals surface area (Å²) in [5, 5.41) is 0. The summed E-state index contributed by atoms with van der Waals surface area (Å²) in [6.07, 6.45) is 5.05. The van der Waals surface area contributed by atoms with Crippen molar-refractivity contribution in [2.24, 2.45) is 5.73 Å². The summed E-state index contributed by atoms with van der Waals surface area (Å²) in [6.45, 7) is 2.13. The summed E-state index contributed by atoms with van der Waals surface area (Å²) < 4.78 is 0. The van der Waals surface area contributed by atoms with Crippen molar-refractivity contribution in [2.75, 3.05) is 0 Å². The van der Waals surface area contributed by atoms with Gasteiger partial charge in [-0.05, 0) is 12.0 Å². The van der Waals surface area contributed by atoms with E-state index in [0.29, 0.717) is 5.57 Å². The smallest absolute Gasteiger partial charge is 0.248 e. The fourth-order valence-corrected chi connectivity index (χ4v) is 1.43. The highest BCUT2D eigenvalue weighted by molar-refractivity contribution is 6.18. The Bertz CT molecular complexity index is 341. The van der Waals surface area contributed by atoms with Crippen molar-refractivity contribution in [1.82, 2.24) is 0 Å². The van der Waals surface area contributed by atoms with Gasteiger partial charge in [-0.1, -0.05) is 56.2 Å². The third-order valence-electron chi connectivity index (χ3n) is 2.26. The van der Waals surface area contributed by atoms with Gasteiger partial charge in [0.25, 0.3) is 0 Å². The van der Waals surface area contributed by atoms with Crippen LogP contribution in [0, 0.1) is 0 Å². The SMILES string of the molecule is CCCCC=C(C(N)=O)c1ccccc1. The Morgan fingerprint density at radius 2 is 2.00 bits per heavy atom. The first-order chi connectivity index (χ1) is 7.25. The molecule has 0 fully saturated rings.